The van der Waals surface area contributed by atoms with Crippen LogP contribution in [0, 0.1) is 13.8 Å². The average Bonchev–Trinajstić information content (AvgIpc) is 2.75. The summed E-state index contributed by atoms with van der Waals surface area (Å²) in [5.74, 6) is 2.17. The Kier molecular flexibility index (Phi) is 6.41. The number of phenols is 2. The first-order chi connectivity index (χ1) is 14.5. The third kappa shape index (κ3) is 4.24. The SMILES string of the molecule is Cc1cc(O)c(C2CCCCC2)cc1C(C)c1cc(C2CCCCC2)c(O)cc1C. The molecule has 0 aliphatic heterocycles. The summed E-state index contributed by atoms with van der Waals surface area (Å²) in [4.78, 5) is 0. The topological polar surface area (TPSA) is 40.5 Å². The molecule has 2 nitrogen and oxygen atoms in total. The van der Waals surface area contributed by atoms with E-state index < -0.39 is 0 Å². The zero-order valence-electron chi connectivity index (χ0n) is 19.0. The van der Waals surface area contributed by atoms with E-state index in [9.17, 15) is 10.2 Å². The van der Waals surface area contributed by atoms with E-state index in [0.717, 1.165) is 22.3 Å². The molecule has 0 radical (unpaired) electrons. The van der Waals surface area contributed by atoms with E-state index in [1.165, 1.54) is 75.3 Å². The first kappa shape index (κ1) is 21.3. The van der Waals surface area contributed by atoms with Crippen LogP contribution < -0.4 is 0 Å². The molecule has 162 valence electrons. The molecule has 2 aromatic rings. The highest BCUT2D eigenvalue weighted by molar-refractivity contribution is 5.51. The highest BCUT2D eigenvalue weighted by Gasteiger charge is 2.24. The van der Waals surface area contributed by atoms with Gasteiger partial charge in [0.2, 0.25) is 0 Å². The fraction of sp³-hybridized carbons (Fsp3) is 0.571. The summed E-state index contributed by atoms with van der Waals surface area (Å²) in [6, 6.07) is 8.54. The van der Waals surface area contributed by atoms with E-state index in [0.29, 0.717) is 23.3 Å². The largest absolute Gasteiger partial charge is 0.508 e. The van der Waals surface area contributed by atoms with Crippen molar-refractivity contribution in [3.8, 4) is 11.5 Å². The van der Waals surface area contributed by atoms with Gasteiger partial charge < -0.3 is 10.2 Å². The van der Waals surface area contributed by atoms with Gasteiger partial charge in [-0.15, -0.1) is 0 Å². The molecule has 2 heteroatoms. The molecule has 2 aromatic carbocycles. The van der Waals surface area contributed by atoms with Gasteiger partial charge in [0.1, 0.15) is 11.5 Å². The first-order valence-corrected chi connectivity index (χ1v) is 12.1. The van der Waals surface area contributed by atoms with Crippen LogP contribution in [0.4, 0.5) is 0 Å². The summed E-state index contributed by atoms with van der Waals surface area (Å²) in [5, 5.41) is 21.4. The van der Waals surface area contributed by atoms with Gasteiger partial charge in [0.15, 0.2) is 0 Å². The molecule has 0 amide bonds. The van der Waals surface area contributed by atoms with Crippen LogP contribution in [0.2, 0.25) is 0 Å². The molecule has 2 aliphatic carbocycles. The summed E-state index contributed by atoms with van der Waals surface area (Å²) in [7, 11) is 0. The maximum absolute atomic E-state index is 10.7. The second-order valence-electron chi connectivity index (χ2n) is 9.93. The molecule has 0 unspecified atom stereocenters. The monoisotopic (exact) mass is 406 g/mol. The third-order valence-electron chi connectivity index (χ3n) is 7.85. The number of phenolic OH excluding ortho intramolecular Hbond substituents is 2. The third-order valence-corrected chi connectivity index (χ3v) is 7.85. The molecule has 2 saturated carbocycles. The molecule has 0 heterocycles. The van der Waals surface area contributed by atoms with Gasteiger partial charge in [-0.05, 0) is 96.9 Å². The number of aryl methyl sites for hydroxylation is 2. The minimum absolute atomic E-state index is 0.246. The summed E-state index contributed by atoms with van der Waals surface area (Å²) in [5.41, 5.74) is 7.24. The first-order valence-electron chi connectivity index (χ1n) is 12.1. The Bertz CT molecular complexity index is 812. The number of hydrogen-bond acceptors (Lipinski definition) is 2. The van der Waals surface area contributed by atoms with Gasteiger partial charge >= 0.3 is 0 Å². The van der Waals surface area contributed by atoms with Crippen molar-refractivity contribution in [2.45, 2.75) is 103 Å². The number of rotatable bonds is 4. The molecule has 0 aromatic heterocycles. The van der Waals surface area contributed by atoms with E-state index >= 15 is 0 Å². The number of benzene rings is 2. The Hall–Kier alpha value is -1.96. The normalized spacial score (nSPS) is 18.8. The van der Waals surface area contributed by atoms with Crippen molar-refractivity contribution in [1.82, 2.24) is 0 Å². The highest BCUT2D eigenvalue weighted by atomic mass is 16.3. The summed E-state index contributed by atoms with van der Waals surface area (Å²) in [6.07, 6.45) is 12.5. The summed E-state index contributed by atoms with van der Waals surface area (Å²) < 4.78 is 0. The van der Waals surface area contributed by atoms with Crippen LogP contribution in [0.25, 0.3) is 0 Å². The van der Waals surface area contributed by atoms with Crippen LogP contribution in [0.15, 0.2) is 24.3 Å². The molecule has 0 atom stereocenters. The Morgan fingerprint density at radius 3 is 1.37 bits per heavy atom. The second-order valence-corrected chi connectivity index (χ2v) is 9.93. The molecule has 2 N–H and O–H groups in total. The molecule has 0 saturated heterocycles. The van der Waals surface area contributed by atoms with Gasteiger partial charge in [-0.25, -0.2) is 0 Å². The minimum Gasteiger partial charge on any atom is -0.508 e. The van der Waals surface area contributed by atoms with Crippen molar-refractivity contribution >= 4 is 0 Å². The average molecular weight is 407 g/mol. The van der Waals surface area contributed by atoms with Gasteiger partial charge in [0.25, 0.3) is 0 Å². The molecule has 4 rings (SSSR count). The lowest BCUT2D eigenvalue weighted by Crippen LogP contribution is -2.09. The van der Waals surface area contributed by atoms with E-state index in [1.54, 1.807) is 0 Å². The number of hydrogen-bond donors (Lipinski definition) is 2. The second kappa shape index (κ2) is 9.04. The van der Waals surface area contributed by atoms with Gasteiger partial charge in [0, 0.05) is 5.92 Å². The van der Waals surface area contributed by atoms with E-state index in [4.69, 9.17) is 0 Å². The van der Waals surface area contributed by atoms with Gasteiger partial charge in [-0.3, -0.25) is 0 Å². The number of aromatic hydroxyl groups is 2. The van der Waals surface area contributed by atoms with Crippen LogP contribution in [-0.4, -0.2) is 10.2 Å². The molecular weight excluding hydrogens is 368 g/mol. The van der Waals surface area contributed by atoms with Crippen molar-refractivity contribution < 1.29 is 10.2 Å². The molecular formula is C28H38O2. The standard InChI is InChI=1S/C28H38O2/c1-18-14-27(29)25(21-10-6-4-7-11-21)16-23(18)20(3)24-17-26(28(30)15-19(24)2)22-12-8-5-9-13-22/h14-17,20-22,29-30H,4-13H2,1-3H3. The van der Waals surface area contributed by atoms with Crippen LogP contribution in [0.1, 0.15) is 122 Å². The van der Waals surface area contributed by atoms with Gasteiger partial charge in [-0.1, -0.05) is 57.6 Å². The van der Waals surface area contributed by atoms with Crippen molar-refractivity contribution in [1.29, 1.82) is 0 Å². The molecule has 0 bridgehead atoms. The van der Waals surface area contributed by atoms with E-state index in [-0.39, 0.29) is 5.92 Å². The zero-order chi connectivity index (χ0) is 21.3. The Balaban J connectivity index is 1.71. The maximum atomic E-state index is 10.7. The van der Waals surface area contributed by atoms with Crippen molar-refractivity contribution in [2.24, 2.45) is 0 Å². The van der Waals surface area contributed by atoms with Crippen LogP contribution in [0.3, 0.4) is 0 Å². The molecule has 0 spiro atoms. The van der Waals surface area contributed by atoms with Crippen LogP contribution >= 0.6 is 0 Å². The van der Waals surface area contributed by atoms with Crippen LogP contribution in [0.5, 0.6) is 11.5 Å². The van der Waals surface area contributed by atoms with E-state index in [1.807, 2.05) is 12.1 Å². The van der Waals surface area contributed by atoms with Crippen molar-refractivity contribution in [3.05, 3.63) is 57.6 Å². The smallest absolute Gasteiger partial charge is 0.119 e. The zero-order valence-corrected chi connectivity index (χ0v) is 19.0. The lowest BCUT2D eigenvalue weighted by atomic mass is 9.78. The predicted molar refractivity (Wildman–Crippen MR) is 125 cm³/mol. The van der Waals surface area contributed by atoms with Gasteiger partial charge in [0.05, 0.1) is 0 Å². The summed E-state index contributed by atoms with van der Waals surface area (Å²) >= 11 is 0. The van der Waals surface area contributed by atoms with E-state index in [2.05, 4.69) is 32.9 Å². The molecule has 2 fully saturated rings. The van der Waals surface area contributed by atoms with Crippen LogP contribution in [-0.2, 0) is 0 Å². The Morgan fingerprint density at radius 1 is 0.633 bits per heavy atom. The minimum atomic E-state index is 0.246. The van der Waals surface area contributed by atoms with Crippen molar-refractivity contribution in [3.63, 3.8) is 0 Å². The van der Waals surface area contributed by atoms with Gasteiger partial charge in [-0.2, -0.15) is 0 Å². The molecule has 2 aliphatic rings. The quantitative estimate of drug-likeness (QED) is 0.540. The maximum Gasteiger partial charge on any atom is 0.119 e. The lowest BCUT2D eigenvalue weighted by molar-refractivity contribution is 0.413. The summed E-state index contributed by atoms with van der Waals surface area (Å²) in [6.45, 7) is 6.52. The Labute approximate surface area is 182 Å². The predicted octanol–water partition coefficient (Wildman–Crippen LogP) is 7.96. The Morgan fingerprint density at radius 2 is 1.00 bits per heavy atom. The van der Waals surface area contributed by atoms with Crippen molar-refractivity contribution in [2.75, 3.05) is 0 Å². The fourth-order valence-electron chi connectivity index (χ4n) is 6.04. The molecule has 30 heavy (non-hydrogen) atoms. The highest BCUT2D eigenvalue weighted by Crippen LogP contribution is 2.43. The lowest BCUT2D eigenvalue weighted by Gasteiger charge is -2.27. The fourth-order valence-corrected chi connectivity index (χ4v) is 6.04.